The van der Waals surface area contributed by atoms with Crippen molar-refractivity contribution in [2.24, 2.45) is 23.2 Å². The minimum absolute atomic E-state index is 0.235. The third-order valence-corrected chi connectivity index (χ3v) is 6.26. The third kappa shape index (κ3) is 2.10. The van der Waals surface area contributed by atoms with E-state index in [1.807, 2.05) is 0 Å². The zero-order chi connectivity index (χ0) is 13.6. The van der Waals surface area contributed by atoms with Crippen molar-refractivity contribution in [3.05, 3.63) is 0 Å². The van der Waals surface area contributed by atoms with Gasteiger partial charge in [0.1, 0.15) is 0 Å². The van der Waals surface area contributed by atoms with Crippen LogP contribution in [0.15, 0.2) is 0 Å². The number of ether oxygens (including phenoxy) is 1. The molecule has 19 heavy (non-hydrogen) atoms. The van der Waals surface area contributed by atoms with Crippen LogP contribution in [-0.4, -0.2) is 23.3 Å². The van der Waals surface area contributed by atoms with E-state index in [0.29, 0.717) is 12.0 Å². The first-order valence-corrected chi connectivity index (χ1v) is 7.94. The fourth-order valence-electron chi connectivity index (χ4n) is 4.84. The summed E-state index contributed by atoms with van der Waals surface area (Å²) in [7, 11) is 0. The second kappa shape index (κ2) is 4.76. The van der Waals surface area contributed by atoms with Crippen molar-refractivity contribution < 1.29 is 14.6 Å². The highest BCUT2D eigenvalue weighted by atomic mass is 16.6. The highest BCUT2D eigenvalue weighted by Gasteiger charge is 2.60. The van der Waals surface area contributed by atoms with Crippen molar-refractivity contribution in [3.8, 4) is 0 Å². The van der Waals surface area contributed by atoms with Crippen LogP contribution in [0.25, 0.3) is 0 Å². The fourth-order valence-corrected chi connectivity index (χ4v) is 4.84. The van der Waals surface area contributed by atoms with Gasteiger partial charge in [0.25, 0.3) is 0 Å². The number of rotatable bonds is 3. The van der Waals surface area contributed by atoms with Crippen molar-refractivity contribution >= 4 is 5.97 Å². The molecule has 0 aromatic rings. The molecule has 2 aliphatic carbocycles. The number of hydrogen-bond acceptors (Lipinski definition) is 2. The van der Waals surface area contributed by atoms with E-state index in [9.17, 15) is 9.90 Å². The van der Waals surface area contributed by atoms with E-state index < -0.39 is 11.4 Å². The highest BCUT2D eigenvalue weighted by molar-refractivity contribution is 5.76. The van der Waals surface area contributed by atoms with E-state index in [-0.39, 0.29) is 17.9 Å². The van der Waals surface area contributed by atoms with E-state index in [2.05, 4.69) is 13.8 Å². The molecular weight excluding hydrogens is 240 g/mol. The Morgan fingerprint density at radius 3 is 2.58 bits per heavy atom. The molecule has 5 unspecified atom stereocenters. The first-order chi connectivity index (χ1) is 9.05. The molecule has 0 aromatic heterocycles. The normalized spacial score (nSPS) is 44.4. The number of fused-ring (bicyclic) bond motifs is 1. The second-order valence-electron chi connectivity index (χ2n) is 7.09. The summed E-state index contributed by atoms with van der Waals surface area (Å²) in [5.74, 6) is 0.547. The van der Waals surface area contributed by atoms with Gasteiger partial charge in [-0.05, 0) is 30.6 Å². The Labute approximate surface area is 115 Å². The van der Waals surface area contributed by atoms with Gasteiger partial charge in [0.2, 0.25) is 0 Å². The summed E-state index contributed by atoms with van der Waals surface area (Å²) in [5, 5.41) is 9.94. The van der Waals surface area contributed by atoms with Gasteiger partial charge in [0.05, 0.1) is 17.6 Å². The van der Waals surface area contributed by atoms with Gasteiger partial charge >= 0.3 is 5.97 Å². The number of aliphatic carboxylic acids is 1. The number of carboxylic acid groups (broad SMARTS) is 1. The molecule has 0 amide bonds. The molecule has 3 fully saturated rings. The number of hydrogen-bond donors (Lipinski definition) is 1. The quantitative estimate of drug-likeness (QED) is 0.796. The van der Waals surface area contributed by atoms with Crippen LogP contribution in [-0.2, 0) is 9.53 Å². The van der Waals surface area contributed by atoms with E-state index in [0.717, 1.165) is 12.8 Å². The van der Waals surface area contributed by atoms with Crippen molar-refractivity contribution in [1.29, 1.82) is 0 Å². The summed E-state index contributed by atoms with van der Waals surface area (Å²) in [5.41, 5.74) is -0.542. The molecule has 0 bridgehead atoms. The fraction of sp³-hybridized carbons (Fsp3) is 0.938. The molecule has 0 aromatic carbocycles. The summed E-state index contributed by atoms with van der Waals surface area (Å²) < 4.78 is 5.63. The molecule has 1 aliphatic heterocycles. The summed E-state index contributed by atoms with van der Waals surface area (Å²) in [6.45, 7) is 4.33. The molecule has 5 atom stereocenters. The molecule has 3 heteroatoms. The maximum Gasteiger partial charge on any atom is 0.310 e. The predicted molar refractivity (Wildman–Crippen MR) is 72.9 cm³/mol. The Kier molecular flexibility index (Phi) is 3.36. The first-order valence-electron chi connectivity index (χ1n) is 7.94. The Morgan fingerprint density at radius 2 is 1.95 bits per heavy atom. The van der Waals surface area contributed by atoms with Gasteiger partial charge in [0, 0.05) is 0 Å². The maximum absolute atomic E-state index is 12.1. The standard InChI is InChI=1S/C16H26O3/c1-10-8-13-14(19-13)9-16(10,15(17)18)11(2)12-6-4-3-5-7-12/h10-14H,3-9H2,1-2H3,(H,17,18). The minimum Gasteiger partial charge on any atom is -0.481 e. The smallest absolute Gasteiger partial charge is 0.310 e. The van der Waals surface area contributed by atoms with Gasteiger partial charge in [-0.3, -0.25) is 4.79 Å². The highest BCUT2D eigenvalue weighted by Crippen LogP contribution is 2.56. The van der Waals surface area contributed by atoms with Crippen LogP contribution in [0.1, 0.15) is 58.8 Å². The van der Waals surface area contributed by atoms with Crippen molar-refractivity contribution in [2.45, 2.75) is 71.0 Å². The van der Waals surface area contributed by atoms with Crippen molar-refractivity contribution in [1.82, 2.24) is 0 Å². The average Bonchev–Trinajstić information content (AvgIpc) is 3.15. The monoisotopic (exact) mass is 266 g/mol. The Balaban J connectivity index is 1.84. The van der Waals surface area contributed by atoms with Crippen LogP contribution in [0.2, 0.25) is 0 Å². The largest absolute Gasteiger partial charge is 0.481 e. The Bertz CT molecular complexity index is 361. The van der Waals surface area contributed by atoms with Crippen LogP contribution in [0.4, 0.5) is 0 Å². The molecule has 1 saturated heterocycles. The molecule has 0 spiro atoms. The number of carboxylic acids is 1. The average molecular weight is 266 g/mol. The van der Waals surface area contributed by atoms with Gasteiger partial charge in [0.15, 0.2) is 0 Å². The molecule has 108 valence electrons. The Hall–Kier alpha value is -0.570. The Morgan fingerprint density at radius 1 is 1.26 bits per heavy atom. The zero-order valence-electron chi connectivity index (χ0n) is 12.1. The second-order valence-corrected chi connectivity index (χ2v) is 7.09. The van der Waals surface area contributed by atoms with Crippen LogP contribution in [0.3, 0.4) is 0 Å². The molecule has 3 aliphatic rings. The van der Waals surface area contributed by atoms with E-state index in [4.69, 9.17) is 4.74 Å². The van der Waals surface area contributed by atoms with Crippen molar-refractivity contribution in [2.75, 3.05) is 0 Å². The summed E-state index contributed by atoms with van der Waals surface area (Å²) in [6, 6.07) is 0. The van der Waals surface area contributed by atoms with Gasteiger partial charge in [-0.2, -0.15) is 0 Å². The van der Waals surface area contributed by atoms with E-state index in [1.165, 1.54) is 32.1 Å². The zero-order valence-corrected chi connectivity index (χ0v) is 12.1. The van der Waals surface area contributed by atoms with Gasteiger partial charge < -0.3 is 9.84 Å². The van der Waals surface area contributed by atoms with Gasteiger partial charge in [-0.25, -0.2) is 0 Å². The molecular formula is C16H26O3. The van der Waals surface area contributed by atoms with Crippen LogP contribution >= 0.6 is 0 Å². The lowest BCUT2D eigenvalue weighted by atomic mass is 9.56. The lowest BCUT2D eigenvalue weighted by molar-refractivity contribution is -0.161. The predicted octanol–water partition coefficient (Wildman–Crippen LogP) is 3.47. The van der Waals surface area contributed by atoms with E-state index >= 15 is 0 Å². The summed E-state index contributed by atoms with van der Waals surface area (Å²) in [6.07, 6.45) is 8.60. The summed E-state index contributed by atoms with van der Waals surface area (Å²) in [4.78, 5) is 12.1. The maximum atomic E-state index is 12.1. The van der Waals surface area contributed by atoms with Crippen LogP contribution in [0, 0.1) is 23.2 Å². The lowest BCUT2D eigenvalue weighted by Gasteiger charge is -2.46. The molecule has 3 nitrogen and oxygen atoms in total. The number of epoxide rings is 1. The topological polar surface area (TPSA) is 49.8 Å². The van der Waals surface area contributed by atoms with E-state index in [1.54, 1.807) is 0 Å². The molecule has 0 radical (unpaired) electrons. The van der Waals surface area contributed by atoms with Crippen LogP contribution < -0.4 is 0 Å². The molecule has 2 saturated carbocycles. The number of carbonyl (C=O) groups is 1. The van der Waals surface area contributed by atoms with Crippen molar-refractivity contribution in [3.63, 3.8) is 0 Å². The molecule has 1 N–H and O–H groups in total. The minimum atomic E-state index is -0.577. The summed E-state index contributed by atoms with van der Waals surface area (Å²) >= 11 is 0. The SMILES string of the molecule is CC1CC2OC2CC1(C(=O)O)C(C)C1CCCCC1. The first kappa shape index (κ1) is 13.4. The van der Waals surface area contributed by atoms with Gasteiger partial charge in [-0.15, -0.1) is 0 Å². The third-order valence-electron chi connectivity index (χ3n) is 6.26. The molecule has 3 rings (SSSR count). The lowest BCUT2D eigenvalue weighted by Crippen LogP contribution is -2.49. The van der Waals surface area contributed by atoms with Gasteiger partial charge in [-0.1, -0.05) is 46.0 Å². The molecule has 1 heterocycles. The van der Waals surface area contributed by atoms with Crippen LogP contribution in [0.5, 0.6) is 0 Å².